The van der Waals surface area contributed by atoms with E-state index in [0.717, 1.165) is 34.0 Å². The zero-order valence-electron chi connectivity index (χ0n) is 15.2. The van der Waals surface area contributed by atoms with Gasteiger partial charge in [-0.15, -0.1) is 0 Å². The van der Waals surface area contributed by atoms with E-state index >= 15 is 0 Å². The molecule has 6 nitrogen and oxygen atoms in total. The maximum atomic E-state index is 12.6. The van der Waals surface area contributed by atoms with Crippen LogP contribution in [-0.4, -0.2) is 22.5 Å². The van der Waals surface area contributed by atoms with E-state index in [-0.39, 0.29) is 12.7 Å². The summed E-state index contributed by atoms with van der Waals surface area (Å²) in [5.74, 6) is 3.50. The zero-order chi connectivity index (χ0) is 19.8. The lowest BCUT2D eigenvalue weighted by atomic mass is 10.2. The van der Waals surface area contributed by atoms with Gasteiger partial charge in [-0.25, -0.2) is 4.68 Å². The Morgan fingerprint density at radius 3 is 2.97 bits per heavy atom. The van der Waals surface area contributed by atoms with Crippen LogP contribution in [0.3, 0.4) is 0 Å². The second-order valence-electron chi connectivity index (χ2n) is 6.59. The molecule has 1 aromatic heterocycles. The predicted octanol–water partition coefficient (Wildman–Crippen LogP) is 4.65. The summed E-state index contributed by atoms with van der Waals surface area (Å²) in [6.45, 7) is 0.222. The minimum Gasteiger partial charge on any atom is -0.454 e. The van der Waals surface area contributed by atoms with E-state index in [1.54, 1.807) is 22.5 Å². The first-order valence-electron chi connectivity index (χ1n) is 9.00. The van der Waals surface area contributed by atoms with Crippen molar-refractivity contribution in [2.45, 2.75) is 11.5 Å². The summed E-state index contributed by atoms with van der Waals surface area (Å²) in [4.78, 5) is 12.6. The molecule has 0 saturated heterocycles. The van der Waals surface area contributed by atoms with Crippen LogP contribution in [0.4, 0.5) is 5.82 Å². The van der Waals surface area contributed by atoms with Crippen molar-refractivity contribution in [1.82, 2.24) is 9.78 Å². The number of nitrogens with zero attached hydrogens (tertiary/aromatic N) is 2. The van der Waals surface area contributed by atoms with Gasteiger partial charge in [0, 0.05) is 28.2 Å². The molecule has 0 unspecified atom stereocenters. The molecule has 5 rings (SSSR count). The first-order valence-corrected chi connectivity index (χ1v) is 10.5. The van der Waals surface area contributed by atoms with Crippen LogP contribution in [0, 0.1) is 0 Å². The van der Waals surface area contributed by atoms with Gasteiger partial charge in [-0.05, 0) is 42.0 Å². The standard InChI is InChI=1S/C21H16ClN3O3S/c22-14-2-1-3-15(9-14)25-21(16-10-29-11-17(16)24-25)23-20(26)7-5-13-4-6-18-19(8-13)28-12-27-18/h1-9H,10-12H2,(H,23,26)/b7-5-. The Morgan fingerprint density at radius 2 is 2.07 bits per heavy atom. The third kappa shape index (κ3) is 3.59. The molecule has 0 aliphatic carbocycles. The van der Waals surface area contributed by atoms with Gasteiger partial charge in [0.05, 0.1) is 11.4 Å². The topological polar surface area (TPSA) is 65.4 Å². The fourth-order valence-corrected chi connectivity index (χ4v) is 4.50. The molecular formula is C21H16ClN3O3S. The summed E-state index contributed by atoms with van der Waals surface area (Å²) in [5, 5.41) is 8.29. The summed E-state index contributed by atoms with van der Waals surface area (Å²) in [6.07, 6.45) is 3.24. The Hall–Kier alpha value is -2.90. The second kappa shape index (κ2) is 7.50. The number of halogens is 1. The second-order valence-corrected chi connectivity index (χ2v) is 8.02. The SMILES string of the molecule is O=C(/C=C\c1ccc2c(c1)OCO2)Nc1c2c(nn1-c1cccc(Cl)c1)CSC2. The van der Waals surface area contributed by atoms with E-state index in [4.69, 9.17) is 21.1 Å². The molecule has 0 fully saturated rings. The molecule has 0 bridgehead atoms. The molecule has 8 heteroatoms. The average Bonchev–Trinajstić information content (AvgIpc) is 3.43. The smallest absolute Gasteiger partial charge is 0.249 e. The Labute approximate surface area is 176 Å². The molecule has 0 atom stereocenters. The largest absolute Gasteiger partial charge is 0.454 e. The summed E-state index contributed by atoms with van der Waals surface area (Å²) in [6, 6.07) is 13.0. The monoisotopic (exact) mass is 425 g/mol. The maximum Gasteiger partial charge on any atom is 0.249 e. The number of benzene rings is 2. The molecule has 2 aliphatic rings. The Morgan fingerprint density at radius 1 is 1.17 bits per heavy atom. The van der Waals surface area contributed by atoms with E-state index < -0.39 is 0 Å². The number of hydrogen-bond acceptors (Lipinski definition) is 5. The lowest BCUT2D eigenvalue weighted by Gasteiger charge is -2.10. The molecule has 3 heterocycles. The predicted molar refractivity (Wildman–Crippen MR) is 114 cm³/mol. The van der Waals surface area contributed by atoms with Crippen molar-refractivity contribution in [3.05, 3.63) is 70.4 Å². The van der Waals surface area contributed by atoms with Gasteiger partial charge in [-0.2, -0.15) is 16.9 Å². The average molecular weight is 426 g/mol. The van der Waals surface area contributed by atoms with Crippen molar-refractivity contribution in [2.75, 3.05) is 12.1 Å². The third-order valence-corrected chi connectivity index (χ3v) is 5.88. The van der Waals surface area contributed by atoms with Crippen molar-refractivity contribution in [1.29, 1.82) is 0 Å². The van der Waals surface area contributed by atoms with E-state index in [9.17, 15) is 4.79 Å². The molecule has 3 aromatic rings. The van der Waals surface area contributed by atoms with Crippen LogP contribution in [0.2, 0.25) is 5.02 Å². The number of amides is 1. The van der Waals surface area contributed by atoms with Gasteiger partial charge in [-0.1, -0.05) is 23.7 Å². The van der Waals surface area contributed by atoms with Crippen LogP contribution >= 0.6 is 23.4 Å². The van der Waals surface area contributed by atoms with Crippen molar-refractivity contribution in [3.63, 3.8) is 0 Å². The van der Waals surface area contributed by atoms with Gasteiger partial charge >= 0.3 is 0 Å². The lowest BCUT2D eigenvalue weighted by Crippen LogP contribution is -2.13. The number of carbonyl (C=O) groups is 1. The van der Waals surface area contributed by atoms with Gasteiger partial charge in [-0.3, -0.25) is 4.79 Å². The normalized spacial score (nSPS) is 14.4. The number of anilines is 1. The van der Waals surface area contributed by atoms with Crippen molar-refractivity contribution in [3.8, 4) is 17.2 Å². The van der Waals surface area contributed by atoms with Gasteiger partial charge in [0.25, 0.3) is 0 Å². The number of rotatable bonds is 4. The molecule has 0 radical (unpaired) electrons. The summed E-state index contributed by atoms with van der Waals surface area (Å²) < 4.78 is 12.4. The van der Waals surface area contributed by atoms with Crippen LogP contribution in [0.25, 0.3) is 11.8 Å². The Balaban J connectivity index is 1.40. The minimum absolute atomic E-state index is 0.222. The molecule has 1 amide bonds. The highest BCUT2D eigenvalue weighted by Crippen LogP contribution is 2.36. The van der Waals surface area contributed by atoms with Crippen LogP contribution in [0.1, 0.15) is 16.8 Å². The highest BCUT2D eigenvalue weighted by molar-refractivity contribution is 7.98. The number of ether oxygens (including phenoxy) is 2. The van der Waals surface area contributed by atoms with Crippen molar-refractivity contribution >= 4 is 41.2 Å². The van der Waals surface area contributed by atoms with Crippen LogP contribution < -0.4 is 14.8 Å². The number of thioether (sulfide) groups is 1. The third-order valence-electron chi connectivity index (χ3n) is 4.67. The summed E-state index contributed by atoms with van der Waals surface area (Å²) in [5.41, 5.74) is 3.71. The van der Waals surface area contributed by atoms with Crippen LogP contribution in [-0.2, 0) is 16.3 Å². The fourth-order valence-electron chi connectivity index (χ4n) is 3.28. The highest BCUT2D eigenvalue weighted by atomic mass is 35.5. The van der Waals surface area contributed by atoms with E-state index in [1.165, 1.54) is 6.08 Å². The van der Waals surface area contributed by atoms with Gasteiger partial charge in [0.2, 0.25) is 12.7 Å². The number of carbonyl (C=O) groups excluding carboxylic acids is 1. The molecule has 1 N–H and O–H groups in total. The molecule has 29 heavy (non-hydrogen) atoms. The zero-order valence-corrected chi connectivity index (χ0v) is 16.8. The highest BCUT2D eigenvalue weighted by Gasteiger charge is 2.24. The number of hydrogen-bond donors (Lipinski definition) is 1. The quantitative estimate of drug-likeness (QED) is 0.616. The van der Waals surface area contributed by atoms with Crippen molar-refractivity contribution < 1.29 is 14.3 Å². The molecule has 146 valence electrons. The number of fused-ring (bicyclic) bond motifs is 2. The summed E-state index contributed by atoms with van der Waals surface area (Å²) in [7, 11) is 0. The van der Waals surface area contributed by atoms with Crippen LogP contribution in [0.5, 0.6) is 11.5 Å². The van der Waals surface area contributed by atoms with E-state index in [0.29, 0.717) is 22.3 Å². The maximum absolute atomic E-state index is 12.6. The van der Waals surface area contributed by atoms with Gasteiger partial charge < -0.3 is 14.8 Å². The van der Waals surface area contributed by atoms with Gasteiger partial charge in [0.15, 0.2) is 11.5 Å². The van der Waals surface area contributed by atoms with Crippen LogP contribution in [0.15, 0.2) is 48.5 Å². The first-order chi connectivity index (χ1) is 14.2. The van der Waals surface area contributed by atoms with E-state index in [1.807, 2.05) is 42.5 Å². The number of aromatic nitrogens is 2. The Kier molecular flexibility index (Phi) is 4.69. The molecule has 0 saturated carbocycles. The molecule has 2 aromatic carbocycles. The number of nitrogens with one attached hydrogen (secondary N) is 1. The van der Waals surface area contributed by atoms with E-state index in [2.05, 4.69) is 10.4 Å². The lowest BCUT2D eigenvalue weighted by molar-refractivity contribution is -0.111. The molecule has 2 aliphatic heterocycles. The molecule has 0 spiro atoms. The summed E-state index contributed by atoms with van der Waals surface area (Å²) >= 11 is 7.92. The van der Waals surface area contributed by atoms with Gasteiger partial charge in [0.1, 0.15) is 5.82 Å². The first kappa shape index (κ1) is 18.1. The molecular weight excluding hydrogens is 410 g/mol. The minimum atomic E-state index is -0.231. The Bertz CT molecular complexity index is 1140. The van der Waals surface area contributed by atoms with Crippen molar-refractivity contribution in [2.24, 2.45) is 0 Å². The fraction of sp³-hybridized carbons (Fsp3) is 0.143.